The van der Waals surface area contributed by atoms with E-state index in [1.54, 1.807) is 6.92 Å². The van der Waals surface area contributed by atoms with E-state index in [1.165, 1.54) is 13.8 Å². The van der Waals surface area contributed by atoms with Crippen LogP contribution in [-0.2, 0) is 23.8 Å². The number of carbonyl (C=O) groups is 2. The van der Waals surface area contributed by atoms with E-state index in [2.05, 4.69) is 0 Å². The molecule has 0 aromatic heterocycles. The first-order chi connectivity index (χ1) is 6.91. The Bertz CT molecular complexity index is 237. The zero-order chi connectivity index (χ0) is 11.6. The molecule has 0 aromatic rings. The Hall–Kier alpha value is -1.14. The number of ether oxygens (including phenoxy) is 3. The van der Waals surface area contributed by atoms with Crippen LogP contribution in [0.15, 0.2) is 0 Å². The van der Waals surface area contributed by atoms with Crippen molar-refractivity contribution in [2.24, 2.45) is 0 Å². The van der Waals surface area contributed by atoms with Crippen LogP contribution in [0, 0.1) is 0 Å². The fourth-order valence-corrected chi connectivity index (χ4v) is 1.48. The number of aliphatic hydroxyl groups is 1. The maximum absolute atomic E-state index is 10.8. The summed E-state index contributed by atoms with van der Waals surface area (Å²) in [6.07, 6.45) is -3.48. The number of aliphatic hydroxyl groups excluding tert-OH is 1. The molecule has 1 aliphatic heterocycles. The second-order valence-corrected chi connectivity index (χ2v) is 3.38. The highest BCUT2D eigenvalue weighted by molar-refractivity contribution is 5.67. The van der Waals surface area contributed by atoms with Crippen LogP contribution in [0.3, 0.4) is 0 Å². The molecule has 6 heteroatoms. The second kappa shape index (κ2) is 4.59. The first kappa shape index (κ1) is 11.9. The van der Waals surface area contributed by atoms with E-state index in [1.807, 2.05) is 0 Å². The van der Waals surface area contributed by atoms with Crippen molar-refractivity contribution in [3.05, 3.63) is 0 Å². The summed E-state index contributed by atoms with van der Waals surface area (Å²) < 4.78 is 14.7. The second-order valence-electron chi connectivity index (χ2n) is 3.38. The van der Waals surface area contributed by atoms with E-state index >= 15 is 0 Å². The van der Waals surface area contributed by atoms with E-state index in [4.69, 9.17) is 14.2 Å². The van der Waals surface area contributed by atoms with Crippen molar-refractivity contribution in [1.29, 1.82) is 0 Å². The van der Waals surface area contributed by atoms with Gasteiger partial charge in [0.1, 0.15) is 0 Å². The van der Waals surface area contributed by atoms with Gasteiger partial charge >= 0.3 is 11.9 Å². The highest BCUT2D eigenvalue weighted by Crippen LogP contribution is 2.25. The molecule has 1 aliphatic rings. The van der Waals surface area contributed by atoms with Gasteiger partial charge in [-0.1, -0.05) is 0 Å². The van der Waals surface area contributed by atoms with E-state index in [9.17, 15) is 14.7 Å². The zero-order valence-electron chi connectivity index (χ0n) is 8.80. The molecule has 0 spiro atoms. The molecule has 0 aliphatic carbocycles. The maximum atomic E-state index is 10.8. The molecule has 15 heavy (non-hydrogen) atoms. The lowest BCUT2D eigenvalue weighted by molar-refractivity contribution is -0.174. The Kier molecular flexibility index (Phi) is 3.65. The van der Waals surface area contributed by atoms with Crippen LogP contribution in [0.4, 0.5) is 0 Å². The first-order valence-corrected chi connectivity index (χ1v) is 4.59. The van der Waals surface area contributed by atoms with Crippen LogP contribution < -0.4 is 0 Å². The van der Waals surface area contributed by atoms with Crippen molar-refractivity contribution in [2.75, 3.05) is 0 Å². The summed E-state index contributed by atoms with van der Waals surface area (Å²) in [7, 11) is 0. The van der Waals surface area contributed by atoms with Crippen molar-refractivity contribution in [1.82, 2.24) is 0 Å². The third kappa shape index (κ3) is 2.90. The van der Waals surface area contributed by atoms with E-state index in [0.29, 0.717) is 0 Å². The quantitative estimate of drug-likeness (QED) is 0.634. The Morgan fingerprint density at radius 3 is 2.07 bits per heavy atom. The molecule has 0 bridgehead atoms. The van der Waals surface area contributed by atoms with Gasteiger partial charge in [0.15, 0.2) is 18.5 Å². The third-order valence-corrected chi connectivity index (χ3v) is 2.03. The average Bonchev–Trinajstić information content (AvgIpc) is 2.30. The third-order valence-electron chi connectivity index (χ3n) is 2.03. The van der Waals surface area contributed by atoms with Crippen molar-refractivity contribution < 1.29 is 28.9 Å². The monoisotopic (exact) mass is 218 g/mol. The summed E-state index contributed by atoms with van der Waals surface area (Å²) in [6.45, 7) is 4.07. The normalized spacial score (nSPS) is 34.9. The van der Waals surface area contributed by atoms with Crippen molar-refractivity contribution >= 4 is 11.9 Å². The molecular weight excluding hydrogens is 204 g/mol. The summed E-state index contributed by atoms with van der Waals surface area (Å²) in [5.74, 6) is -1.07. The van der Waals surface area contributed by atoms with Gasteiger partial charge in [0.25, 0.3) is 0 Å². The highest BCUT2D eigenvalue weighted by Gasteiger charge is 2.46. The molecular formula is C9H14O6. The average molecular weight is 218 g/mol. The summed E-state index contributed by atoms with van der Waals surface area (Å²) in [4.78, 5) is 21.5. The fraction of sp³-hybridized carbons (Fsp3) is 0.778. The molecule has 1 fully saturated rings. The topological polar surface area (TPSA) is 82.1 Å². The van der Waals surface area contributed by atoms with E-state index in [-0.39, 0.29) is 0 Å². The first-order valence-electron chi connectivity index (χ1n) is 4.59. The van der Waals surface area contributed by atoms with Gasteiger partial charge in [0, 0.05) is 13.8 Å². The molecule has 6 nitrogen and oxygen atoms in total. The molecule has 86 valence electrons. The number of esters is 2. The van der Waals surface area contributed by atoms with Gasteiger partial charge in [-0.2, -0.15) is 0 Å². The molecule has 0 unspecified atom stereocenters. The van der Waals surface area contributed by atoms with Gasteiger partial charge in [0.05, 0.1) is 6.10 Å². The van der Waals surface area contributed by atoms with Crippen LogP contribution in [0.5, 0.6) is 0 Å². The smallest absolute Gasteiger partial charge is 0.303 e. The molecule has 0 radical (unpaired) electrons. The molecule has 1 saturated heterocycles. The minimum absolute atomic E-state index is 0.506. The van der Waals surface area contributed by atoms with E-state index in [0.717, 1.165) is 0 Å². The Labute approximate surface area is 87.1 Å². The van der Waals surface area contributed by atoms with Crippen LogP contribution in [0.25, 0.3) is 0 Å². The fourth-order valence-electron chi connectivity index (χ4n) is 1.48. The largest absolute Gasteiger partial charge is 0.456 e. The van der Waals surface area contributed by atoms with Crippen LogP contribution >= 0.6 is 0 Å². The Balaban J connectivity index is 2.70. The molecule has 4 atom stereocenters. The molecule has 1 heterocycles. The Morgan fingerprint density at radius 2 is 1.60 bits per heavy atom. The van der Waals surface area contributed by atoms with E-state index < -0.39 is 36.5 Å². The molecule has 1 rings (SSSR count). The van der Waals surface area contributed by atoms with Crippen molar-refractivity contribution in [3.8, 4) is 0 Å². The summed E-state index contributed by atoms with van der Waals surface area (Å²) >= 11 is 0. The predicted octanol–water partition coefficient (Wildman–Crippen LogP) is -0.413. The Morgan fingerprint density at radius 1 is 1.13 bits per heavy atom. The van der Waals surface area contributed by atoms with Gasteiger partial charge in [-0.25, -0.2) is 0 Å². The van der Waals surface area contributed by atoms with Crippen LogP contribution in [-0.4, -0.2) is 41.6 Å². The minimum atomic E-state index is -1.26. The standard InChI is InChI=1S/C9H14O6/c1-4-7(14-5(2)10)8(9(12)13-4)15-6(3)11/h4,7-9,12H,1-3H3/t4-,7+,8+,9+/m1/s1. The van der Waals surface area contributed by atoms with Gasteiger partial charge in [-0.3, -0.25) is 9.59 Å². The summed E-state index contributed by atoms with van der Waals surface area (Å²) in [5, 5.41) is 9.40. The molecule has 0 aromatic carbocycles. The minimum Gasteiger partial charge on any atom is -0.456 e. The van der Waals surface area contributed by atoms with Crippen molar-refractivity contribution in [3.63, 3.8) is 0 Å². The lowest BCUT2D eigenvalue weighted by Crippen LogP contribution is -2.39. The summed E-state index contributed by atoms with van der Waals surface area (Å²) in [6, 6.07) is 0. The number of hydrogen-bond acceptors (Lipinski definition) is 6. The van der Waals surface area contributed by atoms with Gasteiger partial charge in [0.2, 0.25) is 0 Å². The van der Waals surface area contributed by atoms with Crippen LogP contribution in [0.2, 0.25) is 0 Å². The number of carbonyl (C=O) groups excluding carboxylic acids is 2. The zero-order valence-corrected chi connectivity index (χ0v) is 8.80. The lowest BCUT2D eigenvalue weighted by atomic mass is 10.1. The SMILES string of the molecule is CC(=O)O[C@@H]1[C@H](OC(C)=O)[C@@H](O)O[C@@H]1C. The molecule has 0 saturated carbocycles. The number of hydrogen-bond donors (Lipinski definition) is 1. The summed E-state index contributed by atoms with van der Waals surface area (Å²) in [5.41, 5.74) is 0. The van der Waals surface area contributed by atoms with Gasteiger partial charge in [-0.15, -0.1) is 0 Å². The maximum Gasteiger partial charge on any atom is 0.303 e. The molecule has 1 N–H and O–H groups in total. The van der Waals surface area contributed by atoms with Gasteiger partial charge in [-0.05, 0) is 6.92 Å². The van der Waals surface area contributed by atoms with Crippen LogP contribution in [0.1, 0.15) is 20.8 Å². The molecule has 0 amide bonds. The number of rotatable bonds is 2. The lowest BCUT2D eigenvalue weighted by Gasteiger charge is -2.20. The highest BCUT2D eigenvalue weighted by atomic mass is 16.7. The van der Waals surface area contributed by atoms with Crippen molar-refractivity contribution in [2.45, 2.75) is 45.4 Å². The predicted molar refractivity (Wildman–Crippen MR) is 47.7 cm³/mol. The van der Waals surface area contributed by atoms with Gasteiger partial charge < -0.3 is 19.3 Å².